The van der Waals surface area contributed by atoms with Gasteiger partial charge in [0.2, 0.25) is 0 Å². The molecule has 0 radical (unpaired) electrons. The highest BCUT2D eigenvalue weighted by Gasteiger charge is 2.12. The Hall–Kier alpha value is -3.61. The van der Waals surface area contributed by atoms with E-state index in [4.69, 9.17) is 0 Å². The van der Waals surface area contributed by atoms with Gasteiger partial charge in [-0.15, -0.1) is 5.10 Å². The lowest BCUT2D eigenvalue weighted by Gasteiger charge is -2.03. The van der Waals surface area contributed by atoms with E-state index in [-0.39, 0.29) is 5.69 Å². The molecule has 0 N–H and O–H groups in total. The van der Waals surface area contributed by atoms with E-state index in [1.165, 1.54) is 12.1 Å². The molecule has 2 aromatic carbocycles. The topological polar surface area (TPSA) is 86.2 Å². The number of benzene rings is 2. The predicted octanol–water partition coefficient (Wildman–Crippen LogP) is 3.29. The molecule has 7 heteroatoms. The third-order valence-corrected chi connectivity index (χ3v) is 3.86. The van der Waals surface area contributed by atoms with Crippen LogP contribution < -0.4 is 0 Å². The van der Waals surface area contributed by atoms with Crippen molar-refractivity contribution in [3.05, 3.63) is 88.4 Å². The first-order valence-corrected chi connectivity index (χ1v) is 7.70. The molecule has 0 fully saturated rings. The molecule has 2 heterocycles. The molecule has 7 nitrogen and oxygen atoms in total. The van der Waals surface area contributed by atoms with Crippen molar-refractivity contribution in [2.75, 3.05) is 0 Å². The van der Waals surface area contributed by atoms with Crippen molar-refractivity contribution in [2.45, 2.75) is 6.42 Å². The van der Waals surface area contributed by atoms with Crippen molar-refractivity contribution in [1.82, 2.24) is 19.6 Å². The normalized spacial score (nSPS) is 10.9. The summed E-state index contributed by atoms with van der Waals surface area (Å²) in [5.41, 5.74) is 2.77. The van der Waals surface area contributed by atoms with Crippen molar-refractivity contribution in [3.63, 3.8) is 0 Å². The van der Waals surface area contributed by atoms with E-state index in [0.717, 1.165) is 16.8 Å². The van der Waals surface area contributed by atoms with Crippen LogP contribution in [-0.2, 0) is 6.42 Å². The second kappa shape index (κ2) is 6.12. The highest BCUT2D eigenvalue weighted by Crippen LogP contribution is 2.22. The van der Waals surface area contributed by atoms with E-state index in [9.17, 15) is 10.1 Å². The molecule has 0 spiro atoms. The Kier molecular flexibility index (Phi) is 3.66. The molecule has 4 aromatic rings. The fourth-order valence-corrected chi connectivity index (χ4v) is 2.66. The zero-order valence-corrected chi connectivity index (χ0v) is 13.1. The Morgan fingerprint density at radius 2 is 1.76 bits per heavy atom. The van der Waals surface area contributed by atoms with Gasteiger partial charge >= 0.3 is 0 Å². The maximum atomic E-state index is 10.8. The van der Waals surface area contributed by atoms with E-state index < -0.39 is 4.92 Å². The molecule has 0 atom stereocenters. The number of nitro benzene ring substituents is 1. The average Bonchev–Trinajstić information content (AvgIpc) is 3.05. The summed E-state index contributed by atoms with van der Waals surface area (Å²) < 4.78 is 1.67. The highest BCUT2D eigenvalue weighted by atomic mass is 16.6. The van der Waals surface area contributed by atoms with Crippen LogP contribution in [0.5, 0.6) is 0 Å². The van der Waals surface area contributed by atoms with Crippen LogP contribution in [0, 0.1) is 10.1 Å². The smallest absolute Gasteiger partial charge is 0.258 e. The minimum Gasteiger partial charge on any atom is -0.258 e. The van der Waals surface area contributed by atoms with E-state index in [0.29, 0.717) is 18.0 Å². The van der Waals surface area contributed by atoms with Gasteiger partial charge in [0.25, 0.3) is 11.5 Å². The lowest BCUT2D eigenvalue weighted by molar-refractivity contribution is -0.384. The summed E-state index contributed by atoms with van der Waals surface area (Å²) in [5.74, 6) is 1.18. The number of aromatic nitrogens is 4. The first-order chi connectivity index (χ1) is 12.2. The summed E-state index contributed by atoms with van der Waals surface area (Å²) in [6, 6.07) is 18.1. The number of rotatable bonds is 4. The van der Waals surface area contributed by atoms with Gasteiger partial charge in [0.15, 0.2) is 5.82 Å². The number of hydrogen-bond donors (Lipinski definition) is 0. The molecule has 0 unspecified atom stereocenters. The fourth-order valence-electron chi connectivity index (χ4n) is 2.66. The minimum atomic E-state index is -0.417. The molecule has 0 aliphatic rings. The van der Waals surface area contributed by atoms with Gasteiger partial charge in [0.1, 0.15) is 0 Å². The highest BCUT2D eigenvalue weighted by molar-refractivity contribution is 5.62. The first-order valence-electron chi connectivity index (χ1n) is 7.70. The van der Waals surface area contributed by atoms with Crippen molar-refractivity contribution < 1.29 is 4.92 Å². The molecule has 4 rings (SSSR count). The Morgan fingerprint density at radius 1 is 1.00 bits per heavy atom. The Labute approximate surface area is 142 Å². The second-order valence-electron chi connectivity index (χ2n) is 5.54. The van der Waals surface area contributed by atoms with Crippen LogP contribution in [-0.4, -0.2) is 24.5 Å². The maximum absolute atomic E-state index is 10.8. The zero-order valence-electron chi connectivity index (χ0n) is 13.1. The van der Waals surface area contributed by atoms with E-state index in [2.05, 4.69) is 15.1 Å². The summed E-state index contributed by atoms with van der Waals surface area (Å²) in [4.78, 5) is 19.1. The zero-order chi connectivity index (χ0) is 17.2. The van der Waals surface area contributed by atoms with Crippen LogP contribution in [0.1, 0.15) is 11.4 Å². The lowest BCUT2D eigenvalue weighted by atomic mass is 10.1. The van der Waals surface area contributed by atoms with Crippen molar-refractivity contribution in [1.29, 1.82) is 0 Å². The number of non-ortho nitro benzene ring substituents is 1. The third kappa shape index (κ3) is 2.94. The minimum absolute atomic E-state index is 0.0532. The lowest BCUT2D eigenvalue weighted by Crippen LogP contribution is -1.97. The van der Waals surface area contributed by atoms with Crippen LogP contribution in [0.25, 0.3) is 17.0 Å². The Morgan fingerprint density at radius 3 is 2.48 bits per heavy atom. The molecule has 0 saturated heterocycles. The molecule has 0 saturated carbocycles. The number of nitrogens with zero attached hydrogens (tertiary/aromatic N) is 5. The fraction of sp³-hybridized carbons (Fsp3) is 0.0556. The molecule has 0 aliphatic carbocycles. The predicted molar refractivity (Wildman–Crippen MR) is 92.1 cm³/mol. The molecule has 2 aromatic heterocycles. The number of hydrogen-bond acceptors (Lipinski definition) is 5. The second-order valence-corrected chi connectivity index (χ2v) is 5.54. The van der Waals surface area contributed by atoms with Gasteiger partial charge in [-0.05, 0) is 23.8 Å². The van der Waals surface area contributed by atoms with Gasteiger partial charge in [-0.25, -0.2) is 4.98 Å². The monoisotopic (exact) mass is 331 g/mol. The van der Waals surface area contributed by atoms with Crippen molar-refractivity contribution >= 4 is 11.5 Å². The van der Waals surface area contributed by atoms with Crippen LogP contribution >= 0.6 is 0 Å². The van der Waals surface area contributed by atoms with Gasteiger partial charge in [0.05, 0.1) is 10.6 Å². The molecular formula is C18H13N5O2. The van der Waals surface area contributed by atoms with E-state index in [1.807, 2.05) is 36.4 Å². The maximum Gasteiger partial charge on any atom is 0.269 e. The molecule has 122 valence electrons. The van der Waals surface area contributed by atoms with Gasteiger partial charge in [-0.1, -0.05) is 30.3 Å². The summed E-state index contributed by atoms with van der Waals surface area (Å²) in [6.07, 6.45) is 2.27. The summed E-state index contributed by atoms with van der Waals surface area (Å²) in [5, 5.41) is 15.4. The molecule has 0 bridgehead atoms. The quantitative estimate of drug-likeness (QED) is 0.423. The van der Waals surface area contributed by atoms with E-state index >= 15 is 0 Å². The SMILES string of the molecule is O=[N+]([O-])c1ccc(-c2ccnc3nc(Cc4ccccc4)nn23)cc1. The molecule has 0 amide bonds. The third-order valence-electron chi connectivity index (χ3n) is 3.86. The summed E-state index contributed by atoms with van der Waals surface area (Å²) >= 11 is 0. The van der Waals surface area contributed by atoms with Crippen molar-refractivity contribution in [2.24, 2.45) is 0 Å². The van der Waals surface area contributed by atoms with Crippen LogP contribution in [0.15, 0.2) is 66.9 Å². The molecular weight excluding hydrogens is 318 g/mol. The Bertz CT molecular complexity index is 1040. The largest absolute Gasteiger partial charge is 0.269 e. The van der Waals surface area contributed by atoms with Crippen LogP contribution in [0.2, 0.25) is 0 Å². The summed E-state index contributed by atoms with van der Waals surface area (Å²) in [7, 11) is 0. The van der Waals surface area contributed by atoms with Crippen LogP contribution in [0.3, 0.4) is 0 Å². The van der Waals surface area contributed by atoms with Gasteiger partial charge in [-0.3, -0.25) is 10.1 Å². The first kappa shape index (κ1) is 14.9. The number of nitro groups is 1. The average molecular weight is 331 g/mol. The Balaban J connectivity index is 1.73. The van der Waals surface area contributed by atoms with E-state index in [1.54, 1.807) is 22.8 Å². The molecule has 25 heavy (non-hydrogen) atoms. The van der Waals surface area contributed by atoms with Crippen LogP contribution in [0.4, 0.5) is 5.69 Å². The van der Waals surface area contributed by atoms with Crippen molar-refractivity contribution in [3.8, 4) is 11.3 Å². The standard InChI is InChI=1S/C18H13N5O2/c24-23(25)15-8-6-14(7-9-15)16-10-11-19-18-20-17(21-22(16)18)12-13-4-2-1-3-5-13/h1-11H,12H2. The van der Waals surface area contributed by atoms with Gasteiger partial charge in [0, 0.05) is 30.3 Å². The summed E-state index contributed by atoms with van der Waals surface area (Å²) in [6.45, 7) is 0. The van der Waals surface area contributed by atoms with Gasteiger partial charge in [-0.2, -0.15) is 9.50 Å². The van der Waals surface area contributed by atoms with Gasteiger partial charge < -0.3 is 0 Å². The number of fused-ring (bicyclic) bond motifs is 1. The molecule has 0 aliphatic heterocycles.